The van der Waals surface area contributed by atoms with Gasteiger partial charge in [0.15, 0.2) is 0 Å². The quantitative estimate of drug-likeness (QED) is 0.212. The molecule has 0 atom stereocenters. The molecule has 0 saturated heterocycles. The standard InChI is InChI=1S/C20H27N.C13H13F3N2/c1-3-8-20(9-4-2)21-16-17-12-14-19(15-13-17)18-10-6-5-7-11-18;1-3-11-8(2)17-12(18-11)9-4-6-10(7-5-9)13(14,15)16/h5-7,10-15,20-21H,3-4,8-9,16H2,1-2H3;4-7H,3H2,1-2H3,(H,17,18). The Morgan fingerprint density at radius 3 is 1.85 bits per heavy atom. The molecule has 3 nitrogen and oxygen atoms in total. The van der Waals surface area contributed by atoms with Gasteiger partial charge in [-0.3, -0.25) is 0 Å². The molecule has 0 unspecified atom stereocenters. The molecule has 2 N–H and O–H groups in total. The van der Waals surface area contributed by atoms with Crippen molar-refractivity contribution in [2.45, 2.75) is 78.6 Å². The van der Waals surface area contributed by atoms with Crippen LogP contribution in [0, 0.1) is 6.92 Å². The second-order valence-corrected chi connectivity index (χ2v) is 9.80. The number of nitrogens with zero attached hydrogens (tertiary/aromatic N) is 1. The van der Waals surface area contributed by atoms with Crippen LogP contribution in [0.15, 0.2) is 78.9 Å². The molecule has 0 saturated carbocycles. The predicted molar refractivity (Wildman–Crippen MR) is 155 cm³/mol. The molecule has 1 heterocycles. The lowest BCUT2D eigenvalue weighted by Crippen LogP contribution is -2.28. The van der Waals surface area contributed by atoms with Crippen molar-refractivity contribution < 1.29 is 13.2 Å². The molecule has 1 aromatic heterocycles. The minimum absolute atomic E-state index is 0.609. The number of aromatic nitrogens is 2. The van der Waals surface area contributed by atoms with Crippen LogP contribution in [-0.2, 0) is 19.1 Å². The van der Waals surface area contributed by atoms with Crippen molar-refractivity contribution in [2.75, 3.05) is 0 Å². The van der Waals surface area contributed by atoms with E-state index in [-0.39, 0.29) is 0 Å². The van der Waals surface area contributed by atoms with Gasteiger partial charge in [0.2, 0.25) is 0 Å². The number of alkyl halides is 3. The van der Waals surface area contributed by atoms with E-state index in [1.165, 1.54) is 54.5 Å². The van der Waals surface area contributed by atoms with Crippen molar-refractivity contribution in [2.24, 2.45) is 0 Å². The summed E-state index contributed by atoms with van der Waals surface area (Å²) in [6.07, 6.45) is 1.55. The first-order chi connectivity index (χ1) is 18.7. The van der Waals surface area contributed by atoms with Crippen LogP contribution in [0.25, 0.3) is 22.5 Å². The average Bonchev–Trinajstić information content (AvgIpc) is 3.33. The number of rotatable bonds is 10. The van der Waals surface area contributed by atoms with Crippen LogP contribution in [0.1, 0.15) is 69.0 Å². The van der Waals surface area contributed by atoms with E-state index in [0.717, 1.165) is 36.5 Å². The largest absolute Gasteiger partial charge is 0.416 e. The number of halogens is 3. The molecule has 0 spiro atoms. The lowest BCUT2D eigenvalue weighted by molar-refractivity contribution is -0.137. The molecule has 0 bridgehead atoms. The molecule has 0 fully saturated rings. The third kappa shape index (κ3) is 9.10. The van der Waals surface area contributed by atoms with E-state index in [0.29, 0.717) is 17.4 Å². The summed E-state index contributed by atoms with van der Waals surface area (Å²) in [7, 11) is 0. The Balaban J connectivity index is 0.000000218. The fourth-order valence-electron chi connectivity index (χ4n) is 4.55. The van der Waals surface area contributed by atoms with Crippen molar-refractivity contribution in [1.82, 2.24) is 15.3 Å². The van der Waals surface area contributed by atoms with Gasteiger partial charge in [0.05, 0.1) is 11.3 Å². The molecule has 0 amide bonds. The maximum atomic E-state index is 12.4. The van der Waals surface area contributed by atoms with Gasteiger partial charge < -0.3 is 10.3 Å². The maximum absolute atomic E-state index is 12.4. The number of benzene rings is 3. The van der Waals surface area contributed by atoms with Crippen molar-refractivity contribution >= 4 is 0 Å². The maximum Gasteiger partial charge on any atom is 0.416 e. The summed E-state index contributed by atoms with van der Waals surface area (Å²) in [5, 5.41) is 3.70. The minimum atomic E-state index is -4.30. The van der Waals surface area contributed by atoms with Crippen molar-refractivity contribution in [3.05, 3.63) is 101 Å². The topological polar surface area (TPSA) is 40.7 Å². The fourth-order valence-corrected chi connectivity index (χ4v) is 4.55. The van der Waals surface area contributed by atoms with E-state index in [1.807, 2.05) is 13.8 Å². The van der Waals surface area contributed by atoms with Crippen molar-refractivity contribution in [3.63, 3.8) is 0 Å². The van der Waals surface area contributed by atoms with E-state index < -0.39 is 11.7 Å². The van der Waals surface area contributed by atoms with Gasteiger partial charge in [-0.25, -0.2) is 4.98 Å². The van der Waals surface area contributed by atoms with E-state index in [9.17, 15) is 13.2 Å². The molecule has 4 rings (SSSR count). The fraction of sp³-hybridized carbons (Fsp3) is 0.364. The van der Waals surface area contributed by atoms with E-state index in [2.05, 4.69) is 83.7 Å². The Morgan fingerprint density at radius 1 is 0.769 bits per heavy atom. The van der Waals surface area contributed by atoms with Crippen LogP contribution in [0.4, 0.5) is 13.2 Å². The lowest BCUT2D eigenvalue weighted by atomic mass is 10.0. The first-order valence-electron chi connectivity index (χ1n) is 13.9. The molecule has 3 aromatic carbocycles. The number of H-pyrrole nitrogens is 1. The molecule has 0 radical (unpaired) electrons. The first-order valence-corrected chi connectivity index (χ1v) is 13.9. The Labute approximate surface area is 230 Å². The second-order valence-electron chi connectivity index (χ2n) is 9.80. The zero-order chi connectivity index (χ0) is 28.3. The first kappa shape index (κ1) is 30.2. The summed E-state index contributed by atoms with van der Waals surface area (Å²) in [4.78, 5) is 7.43. The zero-order valence-electron chi connectivity index (χ0n) is 23.4. The third-order valence-electron chi connectivity index (χ3n) is 6.74. The van der Waals surface area contributed by atoms with Gasteiger partial charge in [0, 0.05) is 23.8 Å². The molecular formula is C33H40F3N3. The minimum Gasteiger partial charge on any atom is -0.342 e. The van der Waals surface area contributed by atoms with Gasteiger partial charge in [0.1, 0.15) is 5.82 Å². The highest BCUT2D eigenvalue weighted by Crippen LogP contribution is 2.30. The zero-order valence-corrected chi connectivity index (χ0v) is 23.4. The second kappa shape index (κ2) is 14.7. The van der Waals surface area contributed by atoms with E-state index >= 15 is 0 Å². The molecule has 6 heteroatoms. The molecule has 39 heavy (non-hydrogen) atoms. The van der Waals surface area contributed by atoms with Crippen LogP contribution in [0.5, 0.6) is 0 Å². The average molecular weight is 536 g/mol. The van der Waals surface area contributed by atoms with Gasteiger partial charge in [0.25, 0.3) is 0 Å². The molecular weight excluding hydrogens is 495 g/mol. The number of hydrogen-bond acceptors (Lipinski definition) is 2. The SMILES string of the molecule is CCCC(CCC)NCc1ccc(-c2ccccc2)cc1.CCc1nc(-c2ccc(C(F)(F)F)cc2)[nH]c1C. The molecule has 0 aliphatic rings. The summed E-state index contributed by atoms with van der Waals surface area (Å²) in [6.45, 7) is 9.39. The lowest BCUT2D eigenvalue weighted by Gasteiger charge is -2.17. The highest BCUT2D eigenvalue weighted by Gasteiger charge is 2.30. The Bertz CT molecular complexity index is 1240. The molecule has 4 aromatic rings. The third-order valence-corrected chi connectivity index (χ3v) is 6.74. The van der Waals surface area contributed by atoms with Crippen LogP contribution in [-0.4, -0.2) is 16.0 Å². The van der Waals surface area contributed by atoms with E-state index in [1.54, 1.807) is 0 Å². The molecule has 0 aliphatic heterocycles. The van der Waals surface area contributed by atoms with E-state index in [4.69, 9.17) is 0 Å². The Hall–Kier alpha value is -3.38. The van der Waals surface area contributed by atoms with Gasteiger partial charge >= 0.3 is 6.18 Å². The van der Waals surface area contributed by atoms with Gasteiger partial charge in [-0.15, -0.1) is 0 Å². The van der Waals surface area contributed by atoms with Crippen LogP contribution in [0.3, 0.4) is 0 Å². The monoisotopic (exact) mass is 535 g/mol. The Kier molecular flexibility index (Phi) is 11.4. The summed E-state index contributed by atoms with van der Waals surface area (Å²) in [5.41, 5.74) is 5.84. The number of imidazole rings is 1. The normalized spacial score (nSPS) is 11.4. The Morgan fingerprint density at radius 2 is 1.33 bits per heavy atom. The number of hydrogen-bond donors (Lipinski definition) is 2. The van der Waals surface area contributed by atoms with Crippen molar-refractivity contribution in [1.29, 1.82) is 0 Å². The summed E-state index contributed by atoms with van der Waals surface area (Å²) in [5.74, 6) is 0.609. The molecule has 208 valence electrons. The number of aromatic amines is 1. The summed E-state index contributed by atoms with van der Waals surface area (Å²) >= 11 is 0. The van der Waals surface area contributed by atoms with Gasteiger partial charge in [-0.1, -0.05) is 100 Å². The van der Waals surface area contributed by atoms with Crippen LogP contribution in [0.2, 0.25) is 0 Å². The highest BCUT2D eigenvalue weighted by molar-refractivity contribution is 5.63. The molecule has 0 aliphatic carbocycles. The summed E-state index contributed by atoms with van der Waals surface area (Å²) in [6, 6.07) is 25.1. The summed E-state index contributed by atoms with van der Waals surface area (Å²) < 4.78 is 37.3. The van der Waals surface area contributed by atoms with Crippen molar-refractivity contribution in [3.8, 4) is 22.5 Å². The van der Waals surface area contributed by atoms with Gasteiger partial charge in [-0.2, -0.15) is 13.2 Å². The van der Waals surface area contributed by atoms with Gasteiger partial charge in [-0.05, 0) is 55.0 Å². The van der Waals surface area contributed by atoms with Crippen LogP contribution >= 0.6 is 0 Å². The number of nitrogens with one attached hydrogen (secondary N) is 2. The number of aryl methyl sites for hydroxylation is 2. The predicted octanol–water partition coefficient (Wildman–Crippen LogP) is 9.38. The smallest absolute Gasteiger partial charge is 0.342 e. The highest BCUT2D eigenvalue weighted by atomic mass is 19.4. The van der Waals surface area contributed by atoms with Crippen LogP contribution < -0.4 is 5.32 Å².